The van der Waals surface area contributed by atoms with E-state index in [0.717, 1.165) is 11.1 Å². The number of benzene rings is 1. The van der Waals surface area contributed by atoms with E-state index < -0.39 is 0 Å². The lowest BCUT2D eigenvalue weighted by atomic mass is 9.99. The summed E-state index contributed by atoms with van der Waals surface area (Å²) in [7, 11) is 3.30. The number of carbonyl (C=O) groups is 1. The fourth-order valence-corrected chi connectivity index (χ4v) is 2.09. The first kappa shape index (κ1) is 14.3. The van der Waals surface area contributed by atoms with Crippen molar-refractivity contribution in [2.75, 3.05) is 13.7 Å². The first-order valence-electron chi connectivity index (χ1n) is 6.51. The molecule has 1 aromatic heterocycles. The van der Waals surface area contributed by atoms with Gasteiger partial charge in [0.1, 0.15) is 0 Å². The highest BCUT2D eigenvalue weighted by Crippen LogP contribution is 2.16. The van der Waals surface area contributed by atoms with Crippen LogP contribution in [0.25, 0.3) is 0 Å². The number of rotatable bonds is 6. The molecule has 0 spiro atoms. The number of aryl methyl sites for hydroxylation is 1. The smallest absolute Gasteiger partial charge is 0.314 e. The van der Waals surface area contributed by atoms with Crippen LogP contribution in [0.1, 0.15) is 17.0 Å². The summed E-state index contributed by atoms with van der Waals surface area (Å²) in [4.78, 5) is 11.9. The van der Waals surface area contributed by atoms with Crippen LogP contribution in [0.2, 0.25) is 0 Å². The van der Waals surface area contributed by atoms with E-state index in [1.165, 1.54) is 7.11 Å². The third-order valence-corrected chi connectivity index (χ3v) is 3.12. The highest BCUT2D eigenvalue weighted by Gasteiger charge is 2.20. The summed E-state index contributed by atoms with van der Waals surface area (Å²) < 4.78 is 6.63. The SMILES string of the molecule is COC(=O)C(CNCc1cnn(C)c1)c1ccccc1. The van der Waals surface area contributed by atoms with Gasteiger partial charge in [0.15, 0.2) is 0 Å². The standard InChI is InChI=1S/C15H19N3O2/c1-18-11-12(9-17-18)8-16-10-14(15(19)20-2)13-6-4-3-5-7-13/h3-7,9,11,14,16H,8,10H2,1-2H3. The monoisotopic (exact) mass is 273 g/mol. The molecule has 0 aliphatic heterocycles. The van der Waals surface area contributed by atoms with Crippen LogP contribution >= 0.6 is 0 Å². The van der Waals surface area contributed by atoms with E-state index in [2.05, 4.69) is 10.4 Å². The second-order valence-corrected chi connectivity index (χ2v) is 4.64. The average molecular weight is 273 g/mol. The molecule has 106 valence electrons. The van der Waals surface area contributed by atoms with Crippen LogP contribution in [0.3, 0.4) is 0 Å². The van der Waals surface area contributed by atoms with Crippen molar-refractivity contribution >= 4 is 5.97 Å². The molecule has 1 heterocycles. The van der Waals surface area contributed by atoms with E-state index in [0.29, 0.717) is 13.1 Å². The van der Waals surface area contributed by atoms with Gasteiger partial charge in [-0.1, -0.05) is 30.3 Å². The molecule has 0 aliphatic rings. The molecule has 1 N–H and O–H groups in total. The van der Waals surface area contributed by atoms with Gasteiger partial charge in [0.05, 0.1) is 19.2 Å². The van der Waals surface area contributed by atoms with Crippen LogP contribution in [0.5, 0.6) is 0 Å². The maximum Gasteiger partial charge on any atom is 0.314 e. The van der Waals surface area contributed by atoms with Gasteiger partial charge in [-0.2, -0.15) is 5.10 Å². The lowest BCUT2D eigenvalue weighted by Gasteiger charge is -2.15. The van der Waals surface area contributed by atoms with E-state index in [-0.39, 0.29) is 11.9 Å². The molecule has 0 radical (unpaired) electrons. The van der Waals surface area contributed by atoms with Gasteiger partial charge in [-0.05, 0) is 5.56 Å². The van der Waals surface area contributed by atoms with Gasteiger partial charge >= 0.3 is 5.97 Å². The highest BCUT2D eigenvalue weighted by molar-refractivity contribution is 5.78. The van der Waals surface area contributed by atoms with Crippen molar-refractivity contribution in [1.29, 1.82) is 0 Å². The molecular weight excluding hydrogens is 254 g/mol. The molecule has 0 fully saturated rings. The van der Waals surface area contributed by atoms with Gasteiger partial charge in [0.2, 0.25) is 0 Å². The van der Waals surface area contributed by atoms with Crippen molar-refractivity contribution in [2.24, 2.45) is 7.05 Å². The summed E-state index contributed by atoms with van der Waals surface area (Å²) in [5.41, 5.74) is 2.04. The molecule has 0 aliphatic carbocycles. The Labute approximate surface area is 118 Å². The second-order valence-electron chi connectivity index (χ2n) is 4.64. The molecule has 2 rings (SSSR count). The molecule has 0 amide bonds. The Morgan fingerprint density at radius 3 is 2.75 bits per heavy atom. The van der Waals surface area contributed by atoms with Crippen molar-refractivity contribution in [2.45, 2.75) is 12.5 Å². The van der Waals surface area contributed by atoms with E-state index in [1.54, 1.807) is 4.68 Å². The fraction of sp³-hybridized carbons (Fsp3) is 0.333. The third-order valence-electron chi connectivity index (χ3n) is 3.12. The summed E-state index contributed by atoms with van der Waals surface area (Å²) in [6.07, 6.45) is 3.76. The Morgan fingerprint density at radius 2 is 2.15 bits per heavy atom. The van der Waals surface area contributed by atoms with Crippen LogP contribution in [0.15, 0.2) is 42.7 Å². The predicted molar refractivity (Wildman–Crippen MR) is 76.1 cm³/mol. The zero-order chi connectivity index (χ0) is 14.4. The molecule has 0 saturated carbocycles. The van der Waals surface area contributed by atoms with Gasteiger partial charge < -0.3 is 10.1 Å². The second kappa shape index (κ2) is 6.86. The van der Waals surface area contributed by atoms with Crippen LogP contribution < -0.4 is 5.32 Å². The van der Waals surface area contributed by atoms with Crippen molar-refractivity contribution < 1.29 is 9.53 Å². The summed E-state index contributed by atoms with van der Waals surface area (Å²) in [5, 5.41) is 7.38. The molecule has 1 unspecified atom stereocenters. The molecule has 0 saturated heterocycles. The van der Waals surface area contributed by atoms with Crippen LogP contribution in [0, 0.1) is 0 Å². The lowest BCUT2D eigenvalue weighted by Crippen LogP contribution is -2.27. The van der Waals surface area contributed by atoms with Crippen molar-refractivity contribution in [3.63, 3.8) is 0 Å². The van der Waals surface area contributed by atoms with E-state index in [4.69, 9.17) is 4.74 Å². The minimum absolute atomic E-state index is 0.227. The third kappa shape index (κ3) is 3.68. The van der Waals surface area contributed by atoms with Gasteiger partial charge in [0.25, 0.3) is 0 Å². The van der Waals surface area contributed by atoms with E-state index >= 15 is 0 Å². The molecule has 20 heavy (non-hydrogen) atoms. The van der Waals surface area contributed by atoms with Crippen LogP contribution in [-0.2, 0) is 23.1 Å². The molecular formula is C15H19N3O2. The summed E-state index contributed by atoms with van der Waals surface area (Å²) in [6.45, 7) is 1.21. The largest absolute Gasteiger partial charge is 0.469 e. The van der Waals surface area contributed by atoms with E-state index in [1.807, 2.05) is 49.8 Å². The molecule has 2 aromatic rings. The summed E-state index contributed by atoms with van der Waals surface area (Å²) in [5.74, 6) is -0.521. The van der Waals surface area contributed by atoms with Crippen molar-refractivity contribution in [1.82, 2.24) is 15.1 Å². The van der Waals surface area contributed by atoms with Crippen molar-refractivity contribution in [3.05, 3.63) is 53.9 Å². The Bertz CT molecular complexity index is 551. The maximum absolute atomic E-state index is 11.9. The minimum atomic E-state index is -0.294. The normalized spacial score (nSPS) is 12.1. The zero-order valence-corrected chi connectivity index (χ0v) is 11.7. The number of aromatic nitrogens is 2. The number of ether oxygens (including phenoxy) is 1. The molecule has 1 atom stereocenters. The van der Waals surface area contributed by atoms with Gasteiger partial charge in [-0.25, -0.2) is 0 Å². The number of nitrogens with one attached hydrogen (secondary N) is 1. The van der Waals surface area contributed by atoms with Gasteiger partial charge in [-0.15, -0.1) is 0 Å². The number of hydrogen-bond acceptors (Lipinski definition) is 4. The lowest BCUT2D eigenvalue weighted by molar-refractivity contribution is -0.142. The highest BCUT2D eigenvalue weighted by atomic mass is 16.5. The zero-order valence-electron chi connectivity index (χ0n) is 11.7. The first-order valence-corrected chi connectivity index (χ1v) is 6.51. The number of hydrogen-bond donors (Lipinski definition) is 1. The quantitative estimate of drug-likeness (QED) is 0.810. The summed E-state index contributed by atoms with van der Waals surface area (Å²) in [6, 6.07) is 9.65. The number of methoxy groups -OCH3 is 1. The number of esters is 1. The Kier molecular flexibility index (Phi) is 4.90. The van der Waals surface area contributed by atoms with Crippen LogP contribution in [-0.4, -0.2) is 29.4 Å². The van der Waals surface area contributed by atoms with Crippen molar-refractivity contribution in [3.8, 4) is 0 Å². The predicted octanol–water partition coefficient (Wildman–Crippen LogP) is 1.47. The molecule has 5 nitrogen and oxygen atoms in total. The molecule has 1 aromatic carbocycles. The topological polar surface area (TPSA) is 56.1 Å². The Morgan fingerprint density at radius 1 is 1.40 bits per heavy atom. The molecule has 5 heteroatoms. The first-order chi connectivity index (χ1) is 9.70. The summed E-state index contributed by atoms with van der Waals surface area (Å²) >= 11 is 0. The van der Waals surface area contributed by atoms with Gasteiger partial charge in [-0.3, -0.25) is 9.48 Å². The average Bonchev–Trinajstić information content (AvgIpc) is 2.89. The molecule has 0 bridgehead atoms. The number of carbonyl (C=O) groups excluding carboxylic acids is 1. The number of nitrogens with zero attached hydrogens (tertiary/aromatic N) is 2. The van der Waals surface area contributed by atoms with Crippen LogP contribution in [0.4, 0.5) is 0 Å². The maximum atomic E-state index is 11.9. The Hall–Kier alpha value is -2.14. The van der Waals surface area contributed by atoms with Gasteiger partial charge in [0, 0.05) is 31.9 Å². The fourth-order valence-electron chi connectivity index (χ4n) is 2.09. The Balaban J connectivity index is 1.96. The minimum Gasteiger partial charge on any atom is -0.469 e. The van der Waals surface area contributed by atoms with E-state index in [9.17, 15) is 4.79 Å².